The second-order valence-corrected chi connectivity index (χ2v) is 9.23. The van der Waals surface area contributed by atoms with E-state index in [0.29, 0.717) is 18.2 Å². The Labute approximate surface area is 195 Å². The van der Waals surface area contributed by atoms with Crippen LogP contribution in [0, 0.1) is 0 Å². The summed E-state index contributed by atoms with van der Waals surface area (Å²) in [5.74, 6) is 1.94. The molecule has 0 fully saturated rings. The molecule has 7 heteroatoms. The number of alkyl halides is 1. The molecule has 5 rings (SSSR count). The van der Waals surface area contributed by atoms with E-state index in [0.717, 1.165) is 62.9 Å². The van der Waals surface area contributed by atoms with E-state index in [9.17, 15) is 4.79 Å². The second-order valence-electron chi connectivity index (χ2n) is 7.97. The summed E-state index contributed by atoms with van der Waals surface area (Å²) in [6.07, 6.45) is 1.79. The molecule has 1 atom stereocenters. The summed E-state index contributed by atoms with van der Waals surface area (Å²) in [4.78, 5) is 16.9. The van der Waals surface area contributed by atoms with Crippen LogP contribution < -0.4 is 10.1 Å². The predicted molar refractivity (Wildman–Crippen MR) is 129 cm³/mol. The number of benzene rings is 2. The molecule has 0 saturated carbocycles. The number of carbonyl (C=O) groups excluding carboxylic acids is 1. The van der Waals surface area contributed by atoms with Crippen molar-refractivity contribution in [3.8, 4) is 16.5 Å². The number of fused-ring (bicyclic) bond motifs is 2. The molecule has 0 bridgehead atoms. The van der Waals surface area contributed by atoms with Crippen LogP contribution >= 0.6 is 22.9 Å². The van der Waals surface area contributed by atoms with Crippen molar-refractivity contribution in [1.82, 2.24) is 4.98 Å². The Morgan fingerprint density at radius 2 is 2.09 bits per heavy atom. The number of ether oxygens (including phenoxy) is 1. The smallest absolute Gasteiger partial charge is 0.164 e. The van der Waals surface area contributed by atoms with E-state index >= 15 is 0 Å². The van der Waals surface area contributed by atoms with Crippen LogP contribution in [0.4, 0.5) is 5.00 Å². The first kappa shape index (κ1) is 21.0. The molecule has 1 aliphatic rings. The van der Waals surface area contributed by atoms with Gasteiger partial charge in [0, 0.05) is 17.8 Å². The molecular formula is C25H23ClN2O3S. The van der Waals surface area contributed by atoms with Crippen LogP contribution in [0.1, 0.15) is 42.5 Å². The molecule has 5 nitrogen and oxygen atoms in total. The summed E-state index contributed by atoms with van der Waals surface area (Å²) in [5.41, 5.74) is 3.77. The minimum atomic E-state index is -0.148. The molecule has 2 aromatic heterocycles. The number of hydrogen-bond donors (Lipinski definition) is 1. The molecular weight excluding hydrogens is 444 g/mol. The average molecular weight is 467 g/mol. The Balaban J connectivity index is 1.40. The topological polar surface area (TPSA) is 64.4 Å². The van der Waals surface area contributed by atoms with Gasteiger partial charge in [0.05, 0.1) is 11.6 Å². The third kappa shape index (κ3) is 4.12. The Morgan fingerprint density at radius 1 is 1.25 bits per heavy atom. The number of rotatable bonds is 6. The molecule has 0 amide bonds. The van der Waals surface area contributed by atoms with Crippen LogP contribution in [0.2, 0.25) is 0 Å². The Hall–Kier alpha value is -2.83. The van der Waals surface area contributed by atoms with E-state index in [4.69, 9.17) is 25.7 Å². The van der Waals surface area contributed by atoms with Gasteiger partial charge in [-0.15, -0.1) is 11.6 Å². The quantitative estimate of drug-likeness (QED) is 0.318. The van der Waals surface area contributed by atoms with E-state index in [1.54, 1.807) is 18.3 Å². The number of carbonyl (C=O) groups is 1. The highest BCUT2D eigenvalue weighted by Crippen LogP contribution is 2.41. The maximum absolute atomic E-state index is 12.1. The van der Waals surface area contributed by atoms with Crippen molar-refractivity contribution in [2.45, 2.75) is 38.2 Å². The minimum Gasteiger partial charge on any atom is -0.489 e. The lowest BCUT2D eigenvalue weighted by molar-refractivity contribution is -0.118. The summed E-state index contributed by atoms with van der Waals surface area (Å²) in [7, 11) is 0. The minimum absolute atomic E-state index is 0.148. The zero-order chi connectivity index (χ0) is 22.1. The number of ketones is 1. The Bertz CT molecular complexity index is 1280. The Kier molecular flexibility index (Phi) is 5.89. The number of anilines is 1. The van der Waals surface area contributed by atoms with Crippen molar-refractivity contribution in [2.75, 3.05) is 11.9 Å². The number of Topliss-reactive ketones (excluding diaryl/α,β-unsaturated/α-hetero) is 1. The van der Waals surface area contributed by atoms with Crippen molar-refractivity contribution in [3.63, 3.8) is 0 Å². The fourth-order valence-corrected chi connectivity index (χ4v) is 5.31. The molecule has 1 aliphatic heterocycles. The second kappa shape index (κ2) is 8.96. The highest BCUT2D eigenvalue weighted by atomic mass is 35.5. The lowest BCUT2D eigenvalue weighted by Gasteiger charge is -2.09. The van der Waals surface area contributed by atoms with Crippen molar-refractivity contribution in [2.24, 2.45) is 0 Å². The molecule has 164 valence electrons. The lowest BCUT2D eigenvalue weighted by atomic mass is 9.97. The maximum Gasteiger partial charge on any atom is 0.164 e. The van der Waals surface area contributed by atoms with Gasteiger partial charge in [-0.2, -0.15) is 0 Å². The van der Waals surface area contributed by atoms with Gasteiger partial charge in [-0.3, -0.25) is 4.79 Å². The summed E-state index contributed by atoms with van der Waals surface area (Å²) >= 11 is 7.57. The number of nitrogens with one attached hydrogen (secondary N) is 1. The molecule has 0 spiro atoms. The molecule has 0 aliphatic carbocycles. The predicted octanol–water partition coefficient (Wildman–Crippen LogP) is 6.75. The molecule has 1 N–H and O–H groups in total. The summed E-state index contributed by atoms with van der Waals surface area (Å²) < 4.78 is 12.1. The van der Waals surface area contributed by atoms with E-state index in [1.807, 2.05) is 48.5 Å². The van der Waals surface area contributed by atoms with Crippen LogP contribution in [-0.2, 0) is 17.3 Å². The molecule has 1 unspecified atom stereocenters. The number of halogens is 1. The van der Waals surface area contributed by atoms with E-state index in [2.05, 4.69) is 5.32 Å². The zero-order valence-corrected chi connectivity index (χ0v) is 19.3. The van der Waals surface area contributed by atoms with Gasteiger partial charge in [-0.25, -0.2) is 4.98 Å². The largest absolute Gasteiger partial charge is 0.489 e. The first-order valence-corrected chi connectivity index (χ1v) is 12.0. The third-order valence-electron chi connectivity index (χ3n) is 5.78. The molecule has 32 heavy (non-hydrogen) atoms. The van der Waals surface area contributed by atoms with Gasteiger partial charge in [0.2, 0.25) is 0 Å². The summed E-state index contributed by atoms with van der Waals surface area (Å²) in [6, 6.07) is 15.8. The van der Waals surface area contributed by atoms with Crippen molar-refractivity contribution >= 4 is 44.7 Å². The van der Waals surface area contributed by atoms with Crippen molar-refractivity contribution in [1.29, 1.82) is 0 Å². The molecule has 4 aromatic rings. The fraction of sp³-hybridized carbons (Fsp3) is 0.280. The van der Waals surface area contributed by atoms with Crippen LogP contribution in [0.15, 0.2) is 52.9 Å². The van der Waals surface area contributed by atoms with Gasteiger partial charge < -0.3 is 14.5 Å². The zero-order valence-electron chi connectivity index (χ0n) is 17.7. The van der Waals surface area contributed by atoms with E-state index in [1.165, 1.54) is 0 Å². The normalized spacial score (nSPS) is 15.8. The number of aromatic nitrogens is 1. The fourth-order valence-electron chi connectivity index (χ4n) is 4.05. The maximum atomic E-state index is 12.1. The van der Waals surface area contributed by atoms with Crippen LogP contribution in [0.25, 0.3) is 21.7 Å². The van der Waals surface area contributed by atoms with Gasteiger partial charge in [0.25, 0.3) is 0 Å². The van der Waals surface area contributed by atoms with Gasteiger partial charge in [-0.05, 0) is 55.2 Å². The van der Waals surface area contributed by atoms with E-state index in [-0.39, 0.29) is 11.7 Å². The number of furan rings is 1. The molecule has 2 aromatic carbocycles. The van der Waals surface area contributed by atoms with Gasteiger partial charge >= 0.3 is 0 Å². The van der Waals surface area contributed by atoms with Crippen molar-refractivity contribution < 1.29 is 13.9 Å². The number of nitrogens with zero attached hydrogens (tertiary/aromatic N) is 1. The molecule has 3 heterocycles. The SMILES string of the molecule is CC(=O)C1CCCNc2sc(-c3cc4cc(OCc5ccccc5CCl)ccc4o3)nc21. The first-order valence-electron chi connectivity index (χ1n) is 10.7. The van der Waals surface area contributed by atoms with Crippen LogP contribution in [-0.4, -0.2) is 17.3 Å². The standard InChI is InChI=1S/C25H23ClN2O3S/c1-15(29)20-7-4-10-27-25-23(20)28-24(32-25)22-12-18-11-19(8-9-21(18)31-22)30-14-17-6-3-2-5-16(17)13-26/h2-3,5-6,8-9,11-12,20,27H,4,7,10,13-14H2,1H3. The highest BCUT2D eigenvalue weighted by Gasteiger charge is 2.27. The van der Waals surface area contributed by atoms with Gasteiger partial charge in [0.15, 0.2) is 10.8 Å². The van der Waals surface area contributed by atoms with Crippen LogP contribution in [0.5, 0.6) is 5.75 Å². The summed E-state index contributed by atoms with van der Waals surface area (Å²) in [6.45, 7) is 2.95. The monoisotopic (exact) mass is 466 g/mol. The van der Waals surface area contributed by atoms with E-state index < -0.39 is 0 Å². The first-order chi connectivity index (χ1) is 15.6. The van der Waals surface area contributed by atoms with Gasteiger partial charge in [-0.1, -0.05) is 35.6 Å². The Morgan fingerprint density at radius 3 is 2.91 bits per heavy atom. The summed E-state index contributed by atoms with van der Waals surface area (Å²) in [5, 5.41) is 6.12. The van der Waals surface area contributed by atoms with Crippen LogP contribution in [0.3, 0.4) is 0 Å². The molecule has 0 radical (unpaired) electrons. The average Bonchev–Trinajstić information content (AvgIpc) is 3.36. The lowest BCUT2D eigenvalue weighted by Crippen LogP contribution is -2.08. The molecule has 0 saturated heterocycles. The number of thiazole rings is 1. The van der Waals surface area contributed by atoms with Crippen molar-refractivity contribution in [3.05, 3.63) is 65.4 Å². The number of hydrogen-bond acceptors (Lipinski definition) is 6. The highest BCUT2D eigenvalue weighted by molar-refractivity contribution is 7.19. The van der Waals surface area contributed by atoms with Gasteiger partial charge in [0.1, 0.15) is 28.7 Å². The third-order valence-corrected chi connectivity index (χ3v) is 7.12.